The highest BCUT2D eigenvalue weighted by Crippen LogP contribution is 2.41. The molecule has 0 saturated heterocycles. The van der Waals surface area contributed by atoms with Crippen LogP contribution >= 0.6 is 15.9 Å². The molecule has 22 heavy (non-hydrogen) atoms. The molecule has 0 aliphatic rings. The summed E-state index contributed by atoms with van der Waals surface area (Å²) in [6.07, 6.45) is -11.0. The Kier molecular flexibility index (Phi) is 5.65. The van der Waals surface area contributed by atoms with Crippen molar-refractivity contribution in [2.24, 2.45) is 0 Å². The molecular formula is C11H8BrF6NO3. The van der Waals surface area contributed by atoms with E-state index in [0.29, 0.717) is 6.07 Å². The van der Waals surface area contributed by atoms with Gasteiger partial charge in [0.05, 0.1) is 24.9 Å². The molecule has 0 spiro atoms. The molecule has 1 aromatic heterocycles. The number of carbonyl (C=O) groups excluding carboxylic acids is 1. The lowest BCUT2D eigenvalue weighted by Gasteiger charge is -2.18. The van der Waals surface area contributed by atoms with Crippen LogP contribution in [0, 0.1) is 0 Å². The van der Waals surface area contributed by atoms with E-state index in [9.17, 15) is 31.1 Å². The third-order valence-corrected chi connectivity index (χ3v) is 2.83. The highest BCUT2D eigenvalue weighted by atomic mass is 79.9. The first-order valence-corrected chi connectivity index (χ1v) is 6.58. The molecule has 0 unspecified atom stereocenters. The van der Waals surface area contributed by atoms with Crippen LogP contribution in [0.3, 0.4) is 0 Å². The first-order valence-electron chi connectivity index (χ1n) is 5.46. The van der Waals surface area contributed by atoms with Gasteiger partial charge in [0.1, 0.15) is 11.3 Å². The Hall–Kier alpha value is -1.52. The summed E-state index contributed by atoms with van der Waals surface area (Å²) in [6.45, 7) is 0. The Morgan fingerprint density at radius 2 is 1.86 bits per heavy atom. The Labute approximate surface area is 128 Å². The Bertz CT molecular complexity index is 558. The predicted octanol–water partition coefficient (Wildman–Crippen LogP) is 3.61. The van der Waals surface area contributed by atoms with Crippen LogP contribution < -0.4 is 4.74 Å². The van der Waals surface area contributed by atoms with Crippen LogP contribution in [0.15, 0.2) is 6.07 Å². The summed E-state index contributed by atoms with van der Waals surface area (Å²) in [5.74, 6) is -2.34. The van der Waals surface area contributed by atoms with Gasteiger partial charge < -0.3 is 9.47 Å². The molecule has 1 rings (SSSR count). The predicted molar refractivity (Wildman–Crippen MR) is 64.3 cm³/mol. The molecule has 4 nitrogen and oxygen atoms in total. The highest BCUT2D eigenvalue weighted by molar-refractivity contribution is 9.08. The van der Waals surface area contributed by atoms with Gasteiger partial charge in [-0.2, -0.15) is 13.2 Å². The van der Waals surface area contributed by atoms with Gasteiger partial charge in [0.2, 0.25) is 0 Å². The van der Waals surface area contributed by atoms with E-state index >= 15 is 0 Å². The molecule has 124 valence electrons. The topological polar surface area (TPSA) is 48.4 Å². The van der Waals surface area contributed by atoms with Crippen molar-refractivity contribution in [1.29, 1.82) is 0 Å². The molecule has 0 fully saturated rings. The summed E-state index contributed by atoms with van der Waals surface area (Å²) < 4.78 is 83.4. The maximum atomic E-state index is 12.9. The third kappa shape index (κ3) is 5.04. The number of hydrogen-bond donors (Lipinski definition) is 0. The fraction of sp³-hybridized carbons (Fsp3) is 0.455. The van der Waals surface area contributed by atoms with Crippen LogP contribution in [0.25, 0.3) is 0 Å². The van der Waals surface area contributed by atoms with E-state index in [1.165, 1.54) is 0 Å². The first kappa shape index (κ1) is 18.5. The van der Waals surface area contributed by atoms with Crippen LogP contribution in [-0.2, 0) is 27.5 Å². The van der Waals surface area contributed by atoms with Crippen molar-refractivity contribution < 1.29 is 40.6 Å². The molecule has 0 aliphatic carbocycles. The molecule has 0 aliphatic heterocycles. The van der Waals surface area contributed by atoms with Crippen LogP contribution in [-0.4, -0.2) is 24.4 Å². The number of pyridine rings is 1. The van der Waals surface area contributed by atoms with Gasteiger partial charge >= 0.3 is 18.5 Å². The molecule has 0 atom stereocenters. The SMILES string of the molecule is COC(=O)Cc1cc(OC(F)(F)F)c(C(F)(F)F)c(CBr)n1. The van der Waals surface area contributed by atoms with E-state index in [1.54, 1.807) is 0 Å². The molecule has 0 bridgehead atoms. The number of halogens is 7. The van der Waals surface area contributed by atoms with Crippen molar-refractivity contribution in [3.8, 4) is 5.75 Å². The fourth-order valence-corrected chi connectivity index (χ4v) is 1.95. The molecule has 11 heteroatoms. The number of methoxy groups -OCH3 is 1. The van der Waals surface area contributed by atoms with Gasteiger partial charge in [-0.05, 0) is 0 Å². The largest absolute Gasteiger partial charge is 0.573 e. The van der Waals surface area contributed by atoms with Gasteiger partial charge in [-0.3, -0.25) is 9.78 Å². The summed E-state index contributed by atoms with van der Waals surface area (Å²) in [4.78, 5) is 14.6. The van der Waals surface area contributed by atoms with Crippen molar-refractivity contribution in [1.82, 2.24) is 4.98 Å². The number of carbonyl (C=O) groups is 1. The average Bonchev–Trinajstić information content (AvgIpc) is 2.34. The van der Waals surface area contributed by atoms with Crippen molar-refractivity contribution >= 4 is 21.9 Å². The molecule has 1 aromatic rings. The smallest absolute Gasteiger partial charge is 0.469 e. The molecule has 0 amide bonds. The highest BCUT2D eigenvalue weighted by Gasteiger charge is 2.42. The Morgan fingerprint density at radius 1 is 1.27 bits per heavy atom. The van der Waals surface area contributed by atoms with E-state index in [4.69, 9.17) is 0 Å². The Morgan fingerprint density at radius 3 is 2.27 bits per heavy atom. The number of nitrogens with zero attached hydrogens (tertiary/aromatic N) is 1. The summed E-state index contributed by atoms with van der Waals surface area (Å²) in [5, 5.41) is -0.481. The van der Waals surface area contributed by atoms with Crippen LogP contribution in [0.1, 0.15) is 17.0 Å². The quantitative estimate of drug-likeness (QED) is 0.444. The van der Waals surface area contributed by atoms with E-state index in [2.05, 4.69) is 30.4 Å². The maximum Gasteiger partial charge on any atom is 0.573 e. The average molecular weight is 396 g/mol. The minimum Gasteiger partial charge on any atom is -0.469 e. The zero-order valence-corrected chi connectivity index (χ0v) is 12.4. The normalized spacial score (nSPS) is 12.2. The zero-order chi connectivity index (χ0) is 17.1. The maximum absolute atomic E-state index is 12.9. The zero-order valence-electron chi connectivity index (χ0n) is 10.8. The Balaban J connectivity index is 3.45. The number of aromatic nitrogens is 1. The number of ether oxygens (including phenoxy) is 2. The number of hydrogen-bond acceptors (Lipinski definition) is 4. The van der Waals surface area contributed by atoms with Crippen molar-refractivity contribution in [2.75, 3.05) is 7.11 Å². The molecule has 1 heterocycles. The number of alkyl halides is 7. The van der Waals surface area contributed by atoms with E-state index in [0.717, 1.165) is 7.11 Å². The van der Waals surface area contributed by atoms with Gasteiger partial charge in [0, 0.05) is 11.4 Å². The second-order valence-corrected chi connectivity index (χ2v) is 4.43. The summed E-state index contributed by atoms with van der Waals surface area (Å²) >= 11 is 2.72. The second-order valence-electron chi connectivity index (χ2n) is 3.87. The third-order valence-electron chi connectivity index (χ3n) is 2.30. The van der Waals surface area contributed by atoms with Gasteiger partial charge in [0.15, 0.2) is 0 Å². The minimum atomic E-state index is -5.33. The van der Waals surface area contributed by atoms with Gasteiger partial charge in [-0.15, -0.1) is 13.2 Å². The van der Waals surface area contributed by atoms with E-state index < -0.39 is 47.3 Å². The number of esters is 1. The second kappa shape index (κ2) is 6.71. The number of rotatable bonds is 4. The van der Waals surface area contributed by atoms with E-state index in [-0.39, 0.29) is 5.69 Å². The monoisotopic (exact) mass is 395 g/mol. The lowest BCUT2D eigenvalue weighted by atomic mass is 10.1. The molecule has 0 N–H and O–H groups in total. The van der Waals surface area contributed by atoms with E-state index in [1.807, 2.05) is 0 Å². The van der Waals surface area contributed by atoms with Crippen LogP contribution in [0.4, 0.5) is 26.3 Å². The van der Waals surface area contributed by atoms with Gasteiger partial charge in [0.25, 0.3) is 0 Å². The van der Waals surface area contributed by atoms with Crippen molar-refractivity contribution in [3.05, 3.63) is 23.0 Å². The molecular weight excluding hydrogens is 388 g/mol. The minimum absolute atomic E-state index is 0.339. The molecule has 0 aromatic carbocycles. The summed E-state index contributed by atoms with van der Waals surface area (Å²) in [6, 6.07) is 0.416. The van der Waals surface area contributed by atoms with Gasteiger partial charge in [-0.25, -0.2) is 0 Å². The summed E-state index contributed by atoms with van der Waals surface area (Å²) in [7, 11) is 1.02. The lowest BCUT2D eigenvalue weighted by Crippen LogP contribution is -2.22. The fourth-order valence-electron chi connectivity index (χ4n) is 1.54. The molecule has 0 saturated carbocycles. The summed E-state index contributed by atoms with van der Waals surface area (Å²) in [5.41, 5.74) is -2.72. The first-order chi connectivity index (χ1) is 9.97. The van der Waals surface area contributed by atoms with Crippen LogP contribution in [0.5, 0.6) is 5.75 Å². The van der Waals surface area contributed by atoms with Crippen LogP contribution in [0.2, 0.25) is 0 Å². The van der Waals surface area contributed by atoms with Gasteiger partial charge in [-0.1, -0.05) is 15.9 Å². The lowest BCUT2D eigenvalue weighted by molar-refractivity contribution is -0.276. The van der Waals surface area contributed by atoms with Crippen molar-refractivity contribution in [3.63, 3.8) is 0 Å². The van der Waals surface area contributed by atoms with Crippen molar-refractivity contribution in [2.45, 2.75) is 24.3 Å². The standard InChI is InChI=1S/C11H8BrF6NO3/c1-21-8(20)3-5-2-7(22-11(16,17)18)9(10(13,14)15)6(4-12)19-5/h2H,3-4H2,1H3. The molecule has 0 radical (unpaired) electrons.